The molecule has 3 N–H and O–H groups in total. The SMILES string of the molecule is CCNC(=NCC1CCN(c2ccc(F)c(F)c2)C1)NCCc1cccc(C(=O)NC)c1.I. The van der Waals surface area contributed by atoms with E-state index in [-0.39, 0.29) is 29.9 Å². The molecule has 0 spiro atoms. The van der Waals surface area contributed by atoms with E-state index in [1.807, 2.05) is 25.1 Å². The number of hydrogen-bond donors (Lipinski definition) is 3. The molecule has 1 heterocycles. The summed E-state index contributed by atoms with van der Waals surface area (Å²) in [5.41, 5.74) is 2.43. The predicted molar refractivity (Wildman–Crippen MR) is 140 cm³/mol. The van der Waals surface area contributed by atoms with Crippen molar-refractivity contribution in [2.24, 2.45) is 10.9 Å². The van der Waals surface area contributed by atoms with E-state index in [0.717, 1.165) is 44.0 Å². The minimum absolute atomic E-state index is 0. The van der Waals surface area contributed by atoms with Crippen LogP contribution in [0.25, 0.3) is 0 Å². The Morgan fingerprint density at radius 2 is 1.97 bits per heavy atom. The standard InChI is InChI=1S/C24H31F2N5O.HI/c1-3-28-24(29-11-9-17-5-4-6-19(13-17)23(32)27-2)30-15-18-10-12-31(16-18)20-7-8-21(25)22(26)14-20;/h4-8,13-14,18H,3,9-12,15-16H2,1-2H3,(H,27,32)(H2,28,29,30);1H. The average Bonchev–Trinajstić information content (AvgIpc) is 3.28. The van der Waals surface area contributed by atoms with Crippen LogP contribution >= 0.6 is 24.0 Å². The van der Waals surface area contributed by atoms with E-state index in [1.54, 1.807) is 19.2 Å². The van der Waals surface area contributed by atoms with Gasteiger partial charge in [-0.1, -0.05) is 12.1 Å². The number of benzene rings is 2. The molecule has 1 saturated heterocycles. The number of amides is 1. The molecule has 1 aliphatic rings. The second-order valence-corrected chi connectivity index (χ2v) is 7.88. The van der Waals surface area contributed by atoms with Crippen LogP contribution in [-0.2, 0) is 6.42 Å². The monoisotopic (exact) mass is 571 g/mol. The van der Waals surface area contributed by atoms with Crippen LogP contribution in [0.2, 0.25) is 0 Å². The Kier molecular flexibility index (Phi) is 10.8. The van der Waals surface area contributed by atoms with Crippen molar-refractivity contribution < 1.29 is 13.6 Å². The van der Waals surface area contributed by atoms with Crippen LogP contribution in [0.1, 0.15) is 29.3 Å². The molecule has 0 aliphatic carbocycles. The van der Waals surface area contributed by atoms with Crippen molar-refractivity contribution in [3.05, 3.63) is 65.2 Å². The summed E-state index contributed by atoms with van der Waals surface area (Å²) in [6.45, 7) is 5.68. The van der Waals surface area contributed by atoms with Gasteiger partial charge in [-0.15, -0.1) is 24.0 Å². The lowest BCUT2D eigenvalue weighted by molar-refractivity contribution is 0.0963. The second-order valence-electron chi connectivity index (χ2n) is 7.88. The van der Waals surface area contributed by atoms with E-state index in [0.29, 0.717) is 30.3 Å². The lowest BCUT2D eigenvalue weighted by Gasteiger charge is -2.18. The largest absolute Gasteiger partial charge is 0.371 e. The van der Waals surface area contributed by atoms with Gasteiger partial charge in [0.05, 0.1) is 0 Å². The number of hydrogen-bond acceptors (Lipinski definition) is 3. The molecule has 1 amide bonds. The highest BCUT2D eigenvalue weighted by molar-refractivity contribution is 14.0. The minimum Gasteiger partial charge on any atom is -0.371 e. The molecular formula is C24H32F2IN5O. The highest BCUT2D eigenvalue weighted by Gasteiger charge is 2.23. The first-order chi connectivity index (χ1) is 15.5. The Hall–Kier alpha value is -2.43. The van der Waals surface area contributed by atoms with E-state index in [1.165, 1.54) is 12.1 Å². The van der Waals surface area contributed by atoms with Gasteiger partial charge >= 0.3 is 0 Å². The molecule has 3 rings (SSSR count). The van der Waals surface area contributed by atoms with Crippen molar-refractivity contribution in [3.8, 4) is 0 Å². The van der Waals surface area contributed by atoms with E-state index < -0.39 is 11.6 Å². The highest BCUT2D eigenvalue weighted by atomic mass is 127. The molecule has 0 radical (unpaired) electrons. The zero-order valence-corrected chi connectivity index (χ0v) is 21.4. The third-order valence-electron chi connectivity index (χ3n) is 5.53. The van der Waals surface area contributed by atoms with Gasteiger partial charge in [-0.05, 0) is 55.5 Å². The fourth-order valence-corrected chi connectivity index (χ4v) is 3.80. The molecule has 6 nitrogen and oxygen atoms in total. The second kappa shape index (κ2) is 13.3. The number of halogens is 3. The molecule has 0 aromatic heterocycles. The van der Waals surface area contributed by atoms with Gasteiger partial charge in [0.2, 0.25) is 0 Å². The van der Waals surface area contributed by atoms with Crippen LogP contribution in [0.3, 0.4) is 0 Å². The summed E-state index contributed by atoms with van der Waals surface area (Å²) in [4.78, 5) is 18.6. The van der Waals surface area contributed by atoms with Gasteiger partial charge in [0, 0.05) is 57.1 Å². The topological polar surface area (TPSA) is 68.8 Å². The number of aliphatic imine (C=N–C) groups is 1. The van der Waals surface area contributed by atoms with Crippen molar-refractivity contribution in [3.63, 3.8) is 0 Å². The molecule has 1 atom stereocenters. The Bertz CT molecular complexity index is 956. The molecule has 2 aromatic rings. The highest BCUT2D eigenvalue weighted by Crippen LogP contribution is 2.25. The Morgan fingerprint density at radius 3 is 2.70 bits per heavy atom. The molecule has 1 fully saturated rings. The van der Waals surface area contributed by atoms with Crippen molar-refractivity contribution >= 4 is 41.5 Å². The fourth-order valence-electron chi connectivity index (χ4n) is 3.80. The predicted octanol–water partition coefficient (Wildman–Crippen LogP) is 3.57. The van der Waals surface area contributed by atoms with Gasteiger partial charge in [0.1, 0.15) is 0 Å². The molecule has 2 aromatic carbocycles. The van der Waals surface area contributed by atoms with Gasteiger partial charge in [0.25, 0.3) is 5.91 Å². The molecule has 0 bridgehead atoms. The summed E-state index contributed by atoms with van der Waals surface area (Å²) in [5, 5.41) is 9.24. The first-order valence-electron chi connectivity index (χ1n) is 11.0. The lowest BCUT2D eigenvalue weighted by atomic mass is 10.1. The third-order valence-corrected chi connectivity index (χ3v) is 5.53. The van der Waals surface area contributed by atoms with Crippen LogP contribution in [0.5, 0.6) is 0 Å². The summed E-state index contributed by atoms with van der Waals surface area (Å²) >= 11 is 0. The lowest BCUT2D eigenvalue weighted by Crippen LogP contribution is -2.38. The smallest absolute Gasteiger partial charge is 0.251 e. The first-order valence-corrected chi connectivity index (χ1v) is 11.0. The summed E-state index contributed by atoms with van der Waals surface area (Å²) in [7, 11) is 1.62. The number of anilines is 1. The van der Waals surface area contributed by atoms with Crippen LogP contribution in [0, 0.1) is 17.6 Å². The summed E-state index contributed by atoms with van der Waals surface area (Å²) in [6, 6.07) is 11.6. The van der Waals surface area contributed by atoms with Crippen LogP contribution < -0.4 is 20.9 Å². The maximum Gasteiger partial charge on any atom is 0.251 e. The van der Waals surface area contributed by atoms with Crippen molar-refractivity contribution in [1.82, 2.24) is 16.0 Å². The van der Waals surface area contributed by atoms with Gasteiger partial charge in [0.15, 0.2) is 17.6 Å². The van der Waals surface area contributed by atoms with Crippen molar-refractivity contribution in [2.75, 3.05) is 44.7 Å². The maximum absolute atomic E-state index is 13.5. The van der Waals surface area contributed by atoms with Crippen molar-refractivity contribution in [1.29, 1.82) is 0 Å². The molecule has 1 aliphatic heterocycles. The van der Waals surface area contributed by atoms with Gasteiger partial charge in [-0.3, -0.25) is 9.79 Å². The van der Waals surface area contributed by atoms with Gasteiger partial charge < -0.3 is 20.9 Å². The Labute approximate surface area is 211 Å². The average molecular weight is 571 g/mol. The number of carbonyl (C=O) groups excluding carboxylic acids is 1. The van der Waals surface area contributed by atoms with Gasteiger partial charge in [-0.2, -0.15) is 0 Å². The number of nitrogens with zero attached hydrogens (tertiary/aromatic N) is 2. The summed E-state index contributed by atoms with van der Waals surface area (Å²) < 4.78 is 26.7. The van der Waals surface area contributed by atoms with E-state index in [9.17, 15) is 13.6 Å². The quantitative estimate of drug-likeness (QED) is 0.258. The fraction of sp³-hybridized carbons (Fsp3) is 0.417. The summed E-state index contributed by atoms with van der Waals surface area (Å²) in [6.07, 6.45) is 1.72. The number of carbonyl (C=O) groups is 1. The summed E-state index contributed by atoms with van der Waals surface area (Å²) in [5.74, 6) is -0.632. The van der Waals surface area contributed by atoms with Crippen LogP contribution in [0.15, 0.2) is 47.5 Å². The normalized spacial score (nSPS) is 15.7. The Morgan fingerprint density at radius 1 is 1.15 bits per heavy atom. The first kappa shape index (κ1) is 26.8. The zero-order chi connectivity index (χ0) is 22.9. The van der Waals surface area contributed by atoms with E-state index >= 15 is 0 Å². The van der Waals surface area contributed by atoms with Gasteiger partial charge in [-0.25, -0.2) is 8.78 Å². The molecule has 9 heteroatoms. The molecule has 33 heavy (non-hydrogen) atoms. The van der Waals surface area contributed by atoms with E-state index in [4.69, 9.17) is 4.99 Å². The number of guanidine groups is 1. The maximum atomic E-state index is 13.5. The van der Waals surface area contributed by atoms with E-state index in [2.05, 4.69) is 20.9 Å². The number of rotatable bonds is 8. The molecular weight excluding hydrogens is 539 g/mol. The Balaban J connectivity index is 0.00000385. The van der Waals surface area contributed by atoms with Crippen LogP contribution in [-0.4, -0.2) is 51.6 Å². The molecule has 1 unspecified atom stereocenters. The van der Waals surface area contributed by atoms with Crippen molar-refractivity contribution in [2.45, 2.75) is 19.8 Å². The van der Waals surface area contributed by atoms with Crippen LogP contribution in [0.4, 0.5) is 14.5 Å². The third kappa shape index (κ3) is 7.83. The molecule has 0 saturated carbocycles. The molecule has 180 valence electrons. The number of nitrogens with one attached hydrogen (secondary N) is 3. The minimum atomic E-state index is -0.823. The zero-order valence-electron chi connectivity index (χ0n) is 19.0.